The summed E-state index contributed by atoms with van der Waals surface area (Å²) in [7, 11) is 0. The highest BCUT2D eigenvalue weighted by molar-refractivity contribution is 5.18. The zero-order valence-corrected chi connectivity index (χ0v) is 11.6. The topological polar surface area (TPSA) is 43.7 Å². The molecule has 0 radical (unpaired) electrons. The van der Waals surface area contributed by atoms with E-state index >= 15 is 0 Å². The summed E-state index contributed by atoms with van der Waals surface area (Å²) in [6.07, 6.45) is 2.22. The first-order valence-corrected chi connectivity index (χ1v) is 6.94. The fourth-order valence-corrected chi connectivity index (χ4v) is 2.02. The largest absolute Gasteiger partial charge is 0.395 e. The molecule has 0 spiro atoms. The van der Waals surface area contributed by atoms with Crippen LogP contribution in [0.5, 0.6) is 0 Å². The standard InChI is InChI=1S/C15H24FNO2/c1-2-3-9-17(11-12-18)10-8-15(19)13-4-6-14(16)7-5-13/h4-7,15,18-19H,2-3,8-12H2,1H3. The van der Waals surface area contributed by atoms with Crippen LogP contribution in [-0.4, -0.2) is 41.4 Å². The van der Waals surface area contributed by atoms with Crippen molar-refractivity contribution in [2.24, 2.45) is 0 Å². The van der Waals surface area contributed by atoms with Crippen LogP contribution in [0, 0.1) is 5.82 Å². The summed E-state index contributed by atoms with van der Waals surface area (Å²) in [6, 6.07) is 5.95. The van der Waals surface area contributed by atoms with Gasteiger partial charge in [-0.05, 0) is 37.1 Å². The van der Waals surface area contributed by atoms with Crippen LogP contribution >= 0.6 is 0 Å². The Morgan fingerprint density at radius 3 is 2.42 bits per heavy atom. The first-order chi connectivity index (χ1) is 9.17. The van der Waals surface area contributed by atoms with Crippen molar-refractivity contribution in [2.75, 3.05) is 26.2 Å². The molecule has 0 amide bonds. The zero-order chi connectivity index (χ0) is 14.1. The molecule has 0 aromatic heterocycles. The van der Waals surface area contributed by atoms with E-state index in [2.05, 4.69) is 11.8 Å². The van der Waals surface area contributed by atoms with Crippen LogP contribution in [0.25, 0.3) is 0 Å². The monoisotopic (exact) mass is 269 g/mol. The van der Waals surface area contributed by atoms with E-state index in [1.165, 1.54) is 12.1 Å². The van der Waals surface area contributed by atoms with Gasteiger partial charge in [-0.3, -0.25) is 0 Å². The predicted molar refractivity (Wildman–Crippen MR) is 74.4 cm³/mol. The molecule has 3 nitrogen and oxygen atoms in total. The summed E-state index contributed by atoms with van der Waals surface area (Å²) in [4.78, 5) is 2.15. The van der Waals surface area contributed by atoms with Gasteiger partial charge in [0.05, 0.1) is 12.7 Å². The molecule has 2 N–H and O–H groups in total. The molecule has 1 rings (SSSR count). The van der Waals surface area contributed by atoms with Crippen LogP contribution < -0.4 is 0 Å². The van der Waals surface area contributed by atoms with Gasteiger partial charge < -0.3 is 15.1 Å². The molecule has 1 aromatic carbocycles. The molecule has 0 aliphatic carbocycles. The molecule has 0 saturated carbocycles. The molecule has 108 valence electrons. The molecule has 1 aromatic rings. The van der Waals surface area contributed by atoms with Crippen LogP contribution in [0.15, 0.2) is 24.3 Å². The van der Waals surface area contributed by atoms with E-state index in [1.807, 2.05) is 0 Å². The minimum atomic E-state index is -0.580. The molecule has 0 heterocycles. The molecule has 0 fully saturated rings. The number of hydrogen-bond donors (Lipinski definition) is 2. The third kappa shape index (κ3) is 6.14. The number of nitrogens with zero attached hydrogens (tertiary/aromatic N) is 1. The van der Waals surface area contributed by atoms with Crippen molar-refractivity contribution >= 4 is 0 Å². The number of benzene rings is 1. The summed E-state index contributed by atoms with van der Waals surface area (Å²) in [5.41, 5.74) is 0.737. The number of unbranched alkanes of at least 4 members (excludes halogenated alkanes) is 1. The van der Waals surface area contributed by atoms with E-state index in [1.54, 1.807) is 12.1 Å². The second-order valence-electron chi connectivity index (χ2n) is 4.77. The summed E-state index contributed by atoms with van der Waals surface area (Å²) < 4.78 is 12.8. The van der Waals surface area contributed by atoms with E-state index in [9.17, 15) is 9.50 Å². The minimum absolute atomic E-state index is 0.135. The highest BCUT2D eigenvalue weighted by Crippen LogP contribution is 2.17. The average molecular weight is 269 g/mol. The fraction of sp³-hybridized carbons (Fsp3) is 0.600. The predicted octanol–water partition coefficient (Wildman–Crippen LogP) is 2.34. The van der Waals surface area contributed by atoms with Crippen molar-refractivity contribution in [3.63, 3.8) is 0 Å². The van der Waals surface area contributed by atoms with Crippen molar-refractivity contribution in [3.8, 4) is 0 Å². The molecule has 19 heavy (non-hydrogen) atoms. The lowest BCUT2D eigenvalue weighted by Crippen LogP contribution is -2.30. The molecule has 0 aliphatic heterocycles. The van der Waals surface area contributed by atoms with E-state index in [4.69, 9.17) is 5.11 Å². The highest BCUT2D eigenvalue weighted by Gasteiger charge is 2.10. The maximum atomic E-state index is 12.8. The first kappa shape index (κ1) is 16.1. The van der Waals surface area contributed by atoms with Gasteiger partial charge in [-0.1, -0.05) is 25.5 Å². The van der Waals surface area contributed by atoms with E-state index in [-0.39, 0.29) is 12.4 Å². The first-order valence-electron chi connectivity index (χ1n) is 6.94. The second kappa shape index (κ2) is 9.02. The van der Waals surface area contributed by atoms with Crippen LogP contribution in [-0.2, 0) is 0 Å². The highest BCUT2D eigenvalue weighted by atomic mass is 19.1. The van der Waals surface area contributed by atoms with Crippen molar-refractivity contribution < 1.29 is 14.6 Å². The van der Waals surface area contributed by atoms with Gasteiger partial charge in [0.2, 0.25) is 0 Å². The van der Waals surface area contributed by atoms with Gasteiger partial charge in [0.15, 0.2) is 0 Å². The summed E-state index contributed by atoms with van der Waals surface area (Å²) in [5, 5.41) is 19.0. The summed E-state index contributed by atoms with van der Waals surface area (Å²) in [5.74, 6) is -0.291. The molecule has 0 aliphatic rings. The number of aliphatic hydroxyl groups excluding tert-OH is 2. The van der Waals surface area contributed by atoms with Crippen molar-refractivity contribution in [1.29, 1.82) is 0 Å². The second-order valence-corrected chi connectivity index (χ2v) is 4.77. The van der Waals surface area contributed by atoms with E-state index in [0.717, 1.165) is 31.5 Å². The van der Waals surface area contributed by atoms with E-state index in [0.29, 0.717) is 13.0 Å². The lowest BCUT2D eigenvalue weighted by molar-refractivity contribution is 0.130. The van der Waals surface area contributed by atoms with Crippen molar-refractivity contribution in [2.45, 2.75) is 32.3 Å². The lowest BCUT2D eigenvalue weighted by Gasteiger charge is -2.22. The Bertz CT molecular complexity index is 343. The Morgan fingerprint density at radius 2 is 1.84 bits per heavy atom. The Hall–Kier alpha value is -0.970. The summed E-state index contributed by atoms with van der Waals surface area (Å²) >= 11 is 0. The molecule has 0 bridgehead atoms. The molecular formula is C15H24FNO2. The van der Waals surface area contributed by atoms with Crippen LogP contribution in [0.3, 0.4) is 0 Å². The fourth-order valence-electron chi connectivity index (χ4n) is 2.02. The molecule has 4 heteroatoms. The van der Waals surface area contributed by atoms with Crippen LogP contribution in [0.4, 0.5) is 4.39 Å². The Balaban J connectivity index is 2.41. The van der Waals surface area contributed by atoms with Gasteiger partial charge in [0.1, 0.15) is 5.82 Å². The van der Waals surface area contributed by atoms with Crippen molar-refractivity contribution in [1.82, 2.24) is 4.90 Å². The number of hydrogen-bond acceptors (Lipinski definition) is 3. The van der Waals surface area contributed by atoms with Crippen LogP contribution in [0.1, 0.15) is 37.9 Å². The van der Waals surface area contributed by atoms with Gasteiger partial charge in [0.25, 0.3) is 0 Å². The number of aliphatic hydroxyl groups is 2. The molecule has 0 saturated heterocycles. The molecule has 1 atom stereocenters. The van der Waals surface area contributed by atoms with Gasteiger partial charge in [-0.25, -0.2) is 4.39 Å². The Kier molecular flexibility index (Phi) is 7.63. The quantitative estimate of drug-likeness (QED) is 0.723. The van der Waals surface area contributed by atoms with Gasteiger partial charge >= 0.3 is 0 Å². The minimum Gasteiger partial charge on any atom is -0.395 e. The Labute approximate surface area is 114 Å². The normalized spacial score (nSPS) is 12.9. The third-order valence-corrected chi connectivity index (χ3v) is 3.22. The SMILES string of the molecule is CCCCN(CCO)CCC(O)c1ccc(F)cc1. The van der Waals surface area contributed by atoms with Crippen LogP contribution in [0.2, 0.25) is 0 Å². The maximum Gasteiger partial charge on any atom is 0.123 e. The van der Waals surface area contributed by atoms with Crippen molar-refractivity contribution in [3.05, 3.63) is 35.6 Å². The van der Waals surface area contributed by atoms with Gasteiger partial charge in [-0.2, -0.15) is 0 Å². The maximum absolute atomic E-state index is 12.8. The average Bonchev–Trinajstić information content (AvgIpc) is 2.42. The number of halogens is 1. The Morgan fingerprint density at radius 1 is 1.16 bits per heavy atom. The smallest absolute Gasteiger partial charge is 0.123 e. The molecular weight excluding hydrogens is 245 g/mol. The molecule has 1 unspecified atom stereocenters. The van der Waals surface area contributed by atoms with Gasteiger partial charge in [-0.15, -0.1) is 0 Å². The number of rotatable bonds is 9. The summed E-state index contributed by atoms with van der Waals surface area (Å²) in [6.45, 7) is 4.57. The van der Waals surface area contributed by atoms with Gasteiger partial charge in [0, 0.05) is 13.1 Å². The lowest BCUT2D eigenvalue weighted by atomic mass is 10.1. The van der Waals surface area contributed by atoms with E-state index < -0.39 is 6.10 Å². The third-order valence-electron chi connectivity index (χ3n) is 3.22. The zero-order valence-electron chi connectivity index (χ0n) is 11.6.